The lowest BCUT2D eigenvalue weighted by Crippen LogP contribution is -2.13. The van der Waals surface area contributed by atoms with Gasteiger partial charge < -0.3 is 30.3 Å². The van der Waals surface area contributed by atoms with Crippen LogP contribution in [-0.2, 0) is 9.47 Å². The van der Waals surface area contributed by atoms with Crippen molar-refractivity contribution >= 4 is 47.1 Å². The molecule has 12 heteroatoms. The van der Waals surface area contributed by atoms with Gasteiger partial charge in [0.25, 0.3) is 11.8 Å². The molecule has 12 nitrogen and oxygen atoms in total. The van der Waals surface area contributed by atoms with Crippen molar-refractivity contribution in [2.45, 2.75) is 0 Å². The van der Waals surface area contributed by atoms with Crippen LogP contribution in [0.4, 0.5) is 11.4 Å². The molecule has 4 N–H and O–H groups in total. The monoisotopic (exact) mass is 564 g/mol. The van der Waals surface area contributed by atoms with Gasteiger partial charge >= 0.3 is 23.9 Å². The highest BCUT2D eigenvalue weighted by Gasteiger charge is 2.31. The molecule has 0 spiro atoms. The number of phenolic OH excluding ortho intramolecular Hbond substituents is 2. The second kappa shape index (κ2) is 9.71. The minimum Gasteiger partial charge on any atom is -0.506 e. The molecule has 42 heavy (non-hydrogen) atoms. The van der Waals surface area contributed by atoms with Gasteiger partial charge in [-0.3, -0.25) is 9.59 Å². The van der Waals surface area contributed by atoms with Gasteiger partial charge in [0, 0.05) is 11.1 Å². The molecule has 0 bridgehead atoms. The Morgan fingerprint density at radius 2 is 0.881 bits per heavy atom. The van der Waals surface area contributed by atoms with Gasteiger partial charge in [0.15, 0.2) is 0 Å². The normalized spacial score (nSPS) is 13.2. The van der Waals surface area contributed by atoms with Crippen molar-refractivity contribution in [2.75, 3.05) is 10.6 Å². The standard InChI is InChI=1S/C30H16N2O10/c33-23-7-3-13(11-21(23)31-25(35)15-1-5-17-19(9-15)29(39)41-27(17)37)14-4-8-24(34)22(12-14)32-26(36)16-2-6-18-20(10-16)30(40)42-28(18)38/h1-12,33-34H,(H,31,35)(H,32,36). The van der Waals surface area contributed by atoms with Gasteiger partial charge in [0.2, 0.25) is 0 Å². The smallest absolute Gasteiger partial charge is 0.346 e. The maximum Gasteiger partial charge on any atom is 0.346 e. The quantitative estimate of drug-likeness (QED) is 0.157. The minimum absolute atomic E-state index is 0.0230. The van der Waals surface area contributed by atoms with Gasteiger partial charge in [-0.1, -0.05) is 12.1 Å². The van der Waals surface area contributed by atoms with E-state index in [2.05, 4.69) is 20.1 Å². The van der Waals surface area contributed by atoms with E-state index in [-0.39, 0.29) is 56.3 Å². The average Bonchev–Trinajstić information content (AvgIpc) is 3.43. The van der Waals surface area contributed by atoms with Crippen LogP contribution in [0.3, 0.4) is 0 Å². The topological polar surface area (TPSA) is 185 Å². The highest BCUT2D eigenvalue weighted by atomic mass is 16.6. The van der Waals surface area contributed by atoms with Crippen molar-refractivity contribution in [3.8, 4) is 22.6 Å². The predicted molar refractivity (Wildman–Crippen MR) is 143 cm³/mol. The number of rotatable bonds is 5. The summed E-state index contributed by atoms with van der Waals surface area (Å²) >= 11 is 0. The summed E-state index contributed by atoms with van der Waals surface area (Å²) in [6.07, 6.45) is 0. The minimum atomic E-state index is -0.862. The number of benzene rings is 4. The van der Waals surface area contributed by atoms with Crippen molar-refractivity contribution in [1.82, 2.24) is 0 Å². The van der Waals surface area contributed by atoms with Crippen molar-refractivity contribution in [3.05, 3.63) is 106 Å². The SMILES string of the molecule is O=C(Nc1cc(-c2ccc(O)c(NC(=O)c3ccc4c(c3)C(=O)OC4=O)c2)ccc1O)c1ccc2c(c1)C(=O)OC2=O. The molecule has 4 aromatic carbocycles. The summed E-state index contributed by atoms with van der Waals surface area (Å²) in [5.74, 6) is -5.19. The van der Waals surface area contributed by atoms with E-state index in [1.165, 1.54) is 60.7 Å². The molecule has 2 aliphatic rings. The summed E-state index contributed by atoms with van der Waals surface area (Å²) in [7, 11) is 0. The predicted octanol–water partition coefficient (Wildman–Crippen LogP) is 3.89. The van der Waals surface area contributed by atoms with Crippen molar-refractivity contribution in [1.29, 1.82) is 0 Å². The van der Waals surface area contributed by atoms with Gasteiger partial charge in [-0.2, -0.15) is 0 Å². The fourth-order valence-corrected chi connectivity index (χ4v) is 4.47. The van der Waals surface area contributed by atoms with Crippen LogP contribution in [0.1, 0.15) is 62.1 Å². The molecule has 206 valence electrons. The third kappa shape index (κ3) is 4.48. The van der Waals surface area contributed by atoms with Crippen LogP contribution in [-0.4, -0.2) is 45.9 Å². The van der Waals surface area contributed by atoms with Crippen LogP contribution in [0, 0.1) is 0 Å². The van der Waals surface area contributed by atoms with Gasteiger partial charge in [-0.15, -0.1) is 0 Å². The summed E-state index contributed by atoms with van der Waals surface area (Å²) in [4.78, 5) is 72.8. The second-order valence-corrected chi connectivity index (χ2v) is 9.25. The van der Waals surface area contributed by atoms with E-state index in [0.29, 0.717) is 11.1 Å². The number of hydrogen-bond donors (Lipinski definition) is 4. The summed E-state index contributed by atoms with van der Waals surface area (Å²) < 4.78 is 9.07. The zero-order valence-corrected chi connectivity index (χ0v) is 21.1. The van der Waals surface area contributed by atoms with E-state index in [1.807, 2.05) is 0 Å². The summed E-state index contributed by atoms with van der Waals surface area (Å²) in [5, 5.41) is 25.8. The molecule has 0 fully saturated rings. The molecular weight excluding hydrogens is 548 g/mol. The first-order chi connectivity index (χ1) is 20.1. The molecule has 2 aliphatic heterocycles. The number of amides is 2. The molecule has 0 aromatic heterocycles. The van der Waals surface area contributed by atoms with E-state index in [0.717, 1.165) is 0 Å². The van der Waals surface area contributed by atoms with E-state index in [4.69, 9.17) is 0 Å². The number of fused-ring (bicyclic) bond motifs is 2. The molecular formula is C30H16N2O10. The van der Waals surface area contributed by atoms with Crippen LogP contribution in [0.15, 0.2) is 72.8 Å². The summed E-state index contributed by atoms with van der Waals surface area (Å²) in [6, 6.07) is 16.4. The van der Waals surface area contributed by atoms with E-state index >= 15 is 0 Å². The number of carbonyl (C=O) groups excluding carboxylic acids is 6. The van der Waals surface area contributed by atoms with Gasteiger partial charge in [0.05, 0.1) is 33.6 Å². The first kappa shape index (κ1) is 26.0. The molecule has 0 radical (unpaired) electrons. The number of hydrogen-bond acceptors (Lipinski definition) is 10. The van der Waals surface area contributed by atoms with Crippen LogP contribution in [0.2, 0.25) is 0 Å². The number of aromatic hydroxyl groups is 2. The number of ether oxygens (including phenoxy) is 2. The number of nitrogens with one attached hydrogen (secondary N) is 2. The van der Waals surface area contributed by atoms with Crippen molar-refractivity contribution in [2.24, 2.45) is 0 Å². The Bertz CT molecular complexity index is 1790. The molecule has 2 amide bonds. The largest absolute Gasteiger partial charge is 0.506 e. The van der Waals surface area contributed by atoms with E-state index < -0.39 is 35.7 Å². The van der Waals surface area contributed by atoms with Crippen molar-refractivity contribution in [3.63, 3.8) is 0 Å². The summed E-state index contributed by atoms with van der Waals surface area (Å²) in [5.41, 5.74) is 1.12. The maximum atomic E-state index is 12.9. The summed E-state index contributed by atoms with van der Waals surface area (Å²) in [6.45, 7) is 0. The molecule has 4 aromatic rings. The van der Waals surface area contributed by atoms with Crippen LogP contribution in [0.25, 0.3) is 11.1 Å². The second-order valence-electron chi connectivity index (χ2n) is 9.25. The lowest BCUT2D eigenvalue weighted by Gasteiger charge is -2.13. The molecule has 0 saturated heterocycles. The highest BCUT2D eigenvalue weighted by Crippen LogP contribution is 2.35. The Kier molecular flexibility index (Phi) is 6.00. The lowest BCUT2D eigenvalue weighted by atomic mass is 10.0. The van der Waals surface area contributed by atoms with Gasteiger partial charge in [-0.25, -0.2) is 19.2 Å². The Morgan fingerprint density at radius 1 is 0.500 bits per heavy atom. The number of esters is 4. The highest BCUT2D eigenvalue weighted by molar-refractivity contribution is 6.17. The number of anilines is 2. The fraction of sp³-hybridized carbons (Fsp3) is 0. The van der Waals surface area contributed by atoms with Gasteiger partial charge in [0.1, 0.15) is 11.5 Å². The van der Waals surface area contributed by atoms with Crippen LogP contribution in [0.5, 0.6) is 11.5 Å². The molecule has 0 aliphatic carbocycles. The molecule has 0 atom stereocenters. The molecule has 0 unspecified atom stereocenters. The zero-order valence-electron chi connectivity index (χ0n) is 21.1. The Balaban J connectivity index is 1.24. The third-order valence-corrected chi connectivity index (χ3v) is 6.64. The first-order valence-corrected chi connectivity index (χ1v) is 12.2. The lowest BCUT2D eigenvalue weighted by molar-refractivity contribution is 0.0425. The number of cyclic esters (lactones) is 4. The van der Waals surface area contributed by atoms with Gasteiger partial charge in [-0.05, 0) is 71.8 Å². The fourth-order valence-electron chi connectivity index (χ4n) is 4.47. The van der Waals surface area contributed by atoms with Crippen molar-refractivity contribution < 1.29 is 48.5 Å². The molecule has 2 heterocycles. The molecule has 0 saturated carbocycles. The maximum absolute atomic E-state index is 12.9. The first-order valence-electron chi connectivity index (χ1n) is 12.2. The van der Waals surface area contributed by atoms with Crippen LogP contribution >= 0.6 is 0 Å². The zero-order chi connectivity index (χ0) is 29.7. The van der Waals surface area contributed by atoms with E-state index in [1.54, 1.807) is 12.1 Å². The number of carbonyl (C=O) groups is 6. The average molecular weight is 564 g/mol. The Hall–Kier alpha value is -6.30. The van der Waals surface area contributed by atoms with Crippen LogP contribution < -0.4 is 10.6 Å². The Labute approximate surface area is 235 Å². The van der Waals surface area contributed by atoms with E-state index in [9.17, 15) is 39.0 Å². The number of phenols is 2. The third-order valence-electron chi connectivity index (χ3n) is 6.64. The Morgan fingerprint density at radius 3 is 1.29 bits per heavy atom. The molecule has 6 rings (SSSR count).